The number of methoxy groups -OCH3 is 1. The predicted octanol–water partition coefficient (Wildman–Crippen LogP) is 2.67. The highest BCUT2D eigenvalue weighted by Gasteiger charge is 2.06. The Kier molecular flexibility index (Phi) is 3.75. The van der Waals surface area contributed by atoms with Crippen LogP contribution in [0.25, 0.3) is 0 Å². The number of hydrogen-bond acceptors (Lipinski definition) is 3. The molecule has 0 atom stereocenters. The lowest BCUT2D eigenvalue weighted by Gasteiger charge is -2.08. The molecule has 0 saturated heterocycles. The predicted molar refractivity (Wildman–Crippen MR) is 57.8 cm³/mol. The molecule has 0 N–H and O–H groups in total. The molecule has 78 valence electrons. The molecule has 0 heterocycles. The van der Waals surface area contributed by atoms with Gasteiger partial charge in [0.15, 0.2) is 0 Å². The molecular formula is C12H13NO2. The Balaban J connectivity index is 3.05. The minimum Gasteiger partial charge on any atom is -0.497 e. The van der Waals surface area contributed by atoms with E-state index in [9.17, 15) is 0 Å². The molecule has 0 aliphatic carbocycles. The smallest absolute Gasteiger partial charge is 0.292 e. The first-order chi connectivity index (χ1) is 7.17. The van der Waals surface area contributed by atoms with E-state index in [0.29, 0.717) is 12.2 Å². The highest BCUT2D eigenvalue weighted by molar-refractivity contribution is 5.42. The number of ether oxygens (including phenoxy) is 2. The van der Waals surface area contributed by atoms with Crippen LogP contribution in [-0.4, -0.2) is 7.11 Å². The third-order valence-electron chi connectivity index (χ3n) is 1.92. The van der Waals surface area contributed by atoms with Gasteiger partial charge in [0.1, 0.15) is 11.5 Å². The molecular weight excluding hydrogens is 190 g/mol. The van der Waals surface area contributed by atoms with E-state index < -0.39 is 0 Å². The summed E-state index contributed by atoms with van der Waals surface area (Å²) in [5.41, 5.74) is 1.91. The Morgan fingerprint density at radius 1 is 1.53 bits per heavy atom. The Bertz CT molecular complexity index is 405. The van der Waals surface area contributed by atoms with Crippen LogP contribution in [-0.2, 0) is 6.42 Å². The molecule has 15 heavy (non-hydrogen) atoms. The van der Waals surface area contributed by atoms with E-state index in [1.807, 2.05) is 13.0 Å². The van der Waals surface area contributed by atoms with Crippen LogP contribution in [0.15, 0.2) is 30.4 Å². The van der Waals surface area contributed by atoms with Crippen LogP contribution in [0.2, 0.25) is 0 Å². The zero-order valence-electron chi connectivity index (χ0n) is 8.91. The minimum absolute atomic E-state index is 0.557. The molecule has 1 rings (SSSR count). The monoisotopic (exact) mass is 203 g/mol. The van der Waals surface area contributed by atoms with Crippen LogP contribution in [0.1, 0.15) is 12.5 Å². The van der Waals surface area contributed by atoms with Gasteiger partial charge in [0.05, 0.1) is 7.11 Å². The maximum Gasteiger partial charge on any atom is 0.292 e. The van der Waals surface area contributed by atoms with Gasteiger partial charge in [-0.15, -0.1) is 5.26 Å². The second-order valence-electron chi connectivity index (χ2n) is 3.30. The largest absolute Gasteiger partial charge is 0.497 e. The first kappa shape index (κ1) is 11.1. The summed E-state index contributed by atoms with van der Waals surface area (Å²) in [7, 11) is 1.60. The molecule has 0 unspecified atom stereocenters. The number of nitrogens with zero attached hydrogens (tertiary/aromatic N) is 1. The lowest BCUT2D eigenvalue weighted by Crippen LogP contribution is -1.94. The standard InChI is InChI=1S/C12H13NO2/c1-9(2)6-10-7-11(14-3)4-5-12(10)15-8-13/h4-5,7H,1,6H2,2-3H3. The average Bonchev–Trinajstić information content (AvgIpc) is 2.20. The van der Waals surface area contributed by atoms with Gasteiger partial charge in [-0.1, -0.05) is 12.2 Å². The van der Waals surface area contributed by atoms with Crippen molar-refractivity contribution in [2.75, 3.05) is 7.11 Å². The molecule has 0 bridgehead atoms. The van der Waals surface area contributed by atoms with Gasteiger partial charge in [0, 0.05) is 5.56 Å². The molecule has 0 aliphatic heterocycles. The van der Waals surface area contributed by atoms with Crippen molar-refractivity contribution in [3.05, 3.63) is 35.9 Å². The van der Waals surface area contributed by atoms with Crippen molar-refractivity contribution in [1.29, 1.82) is 5.26 Å². The van der Waals surface area contributed by atoms with Crippen molar-refractivity contribution >= 4 is 0 Å². The summed E-state index contributed by atoms with van der Waals surface area (Å²) >= 11 is 0. The minimum atomic E-state index is 0.557. The van der Waals surface area contributed by atoms with Crippen LogP contribution >= 0.6 is 0 Å². The summed E-state index contributed by atoms with van der Waals surface area (Å²) in [4.78, 5) is 0. The van der Waals surface area contributed by atoms with Crippen molar-refractivity contribution < 1.29 is 9.47 Å². The van der Waals surface area contributed by atoms with Gasteiger partial charge in [-0.25, -0.2) is 0 Å². The molecule has 0 aliphatic rings. The molecule has 0 spiro atoms. The summed E-state index contributed by atoms with van der Waals surface area (Å²) in [5.74, 6) is 1.30. The zero-order valence-corrected chi connectivity index (χ0v) is 8.91. The van der Waals surface area contributed by atoms with Crippen LogP contribution < -0.4 is 9.47 Å². The SMILES string of the molecule is C=C(C)Cc1cc(OC)ccc1OC#N. The summed E-state index contributed by atoms with van der Waals surface area (Å²) in [6.45, 7) is 5.75. The summed E-state index contributed by atoms with van der Waals surface area (Å²) < 4.78 is 9.95. The van der Waals surface area contributed by atoms with E-state index in [4.69, 9.17) is 14.7 Å². The van der Waals surface area contributed by atoms with E-state index >= 15 is 0 Å². The van der Waals surface area contributed by atoms with Gasteiger partial charge < -0.3 is 9.47 Å². The van der Waals surface area contributed by atoms with Crippen LogP contribution in [0, 0.1) is 11.5 Å². The molecule has 0 saturated carbocycles. The Hall–Kier alpha value is -1.95. The number of rotatable bonds is 4. The van der Waals surface area contributed by atoms with Crippen LogP contribution in [0.4, 0.5) is 0 Å². The molecule has 1 aromatic carbocycles. The van der Waals surface area contributed by atoms with Gasteiger partial charge >= 0.3 is 0 Å². The molecule has 0 fully saturated rings. The molecule has 3 heteroatoms. The first-order valence-corrected chi connectivity index (χ1v) is 4.54. The number of nitriles is 1. The lowest BCUT2D eigenvalue weighted by atomic mass is 10.1. The average molecular weight is 203 g/mol. The highest BCUT2D eigenvalue weighted by Crippen LogP contribution is 2.25. The molecule has 0 aromatic heterocycles. The molecule has 1 aromatic rings. The van der Waals surface area contributed by atoms with Gasteiger partial charge in [-0.05, 0) is 31.5 Å². The second-order valence-corrected chi connectivity index (χ2v) is 3.30. The van der Waals surface area contributed by atoms with Crippen molar-refractivity contribution in [3.8, 4) is 17.8 Å². The Morgan fingerprint density at radius 2 is 2.27 bits per heavy atom. The fourth-order valence-corrected chi connectivity index (χ4v) is 1.29. The van der Waals surface area contributed by atoms with Crippen LogP contribution in [0.3, 0.4) is 0 Å². The van der Waals surface area contributed by atoms with E-state index in [-0.39, 0.29) is 0 Å². The highest BCUT2D eigenvalue weighted by atomic mass is 16.5. The van der Waals surface area contributed by atoms with Gasteiger partial charge in [-0.3, -0.25) is 0 Å². The number of hydrogen-bond donors (Lipinski definition) is 0. The normalized spacial score (nSPS) is 9.13. The summed E-state index contributed by atoms with van der Waals surface area (Å²) in [6.07, 6.45) is 2.34. The van der Waals surface area contributed by atoms with Crippen molar-refractivity contribution in [2.45, 2.75) is 13.3 Å². The Morgan fingerprint density at radius 3 is 2.80 bits per heavy atom. The van der Waals surface area contributed by atoms with Crippen molar-refractivity contribution in [1.82, 2.24) is 0 Å². The summed E-state index contributed by atoms with van der Waals surface area (Å²) in [5, 5.41) is 8.48. The van der Waals surface area contributed by atoms with E-state index in [1.54, 1.807) is 25.5 Å². The maximum absolute atomic E-state index is 8.48. The number of benzene rings is 1. The topological polar surface area (TPSA) is 42.2 Å². The number of allylic oxidation sites excluding steroid dienone is 1. The quantitative estimate of drug-likeness (QED) is 0.558. The fraction of sp³-hybridized carbons (Fsp3) is 0.250. The fourth-order valence-electron chi connectivity index (χ4n) is 1.29. The Labute approximate surface area is 89.6 Å². The van der Waals surface area contributed by atoms with E-state index in [1.165, 1.54) is 0 Å². The molecule has 0 radical (unpaired) electrons. The maximum atomic E-state index is 8.48. The zero-order chi connectivity index (χ0) is 11.3. The van der Waals surface area contributed by atoms with Crippen molar-refractivity contribution in [2.24, 2.45) is 0 Å². The van der Waals surface area contributed by atoms with E-state index in [0.717, 1.165) is 16.9 Å². The van der Waals surface area contributed by atoms with Gasteiger partial charge in [-0.2, -0.15) is 0 Å². The first-order valence-electron chi connectivity index (χ1n) is 4.54. The summed E-state index contributed by atoms with van der Waals surface area (Å²) in [6, 6.07) is 5.33. The second kappa shape index (κ2) is 5.06. The van der Waals surface area contributed by atoms with E-state index in [2.05, 4.69) is 6.58 Å². The third-order valence-corrected chi connectivity index (χ3v) is 1.92. The third kappa shape index (κ3) is 3.03. The lowest BCUT2D eigenvalue weighted by molar-refractivity contribution is 0.412. The van der Waals surface area contributed by atoms with Gasteiger partial charge in [0.25, 0.3) is 6.26 Å². The molecule has 0 amide bonds. The molecule has 3 nitrogen and oxygen atoms in total. The van der Waals surface area contributed by atoms with Gasteiger partial charge in [0.2, 0.25) is 0 Å². The van der Waals surface area contributed by atoms with Crippen LogP contribution in [0.5, 0.6) is 11.5 Å². The van der Waals surface area contributed by atoms with Crippen molar-refractivity contribution in [3.63, 3.8) is 0 Å².